The first-order valence-electron chi connectivity index (χ1n) is 8.93. The van der Waals surface area contributed by atoms with E-state index in [1.54, 1.807) is 25.1 Å². The Labute approximate surface area is 172 Å². The Kier molecular flexibility index (Phi) is 6.15. The third-order valence-electron chi connectivity index (χ3n) is 4.43. The highest BCUT2D eigenvalue weighted by Gasteiger charge is 2.19. The average molecular weight is 436 g/mol. The van der Waals surface area contributed by atoms with Crippen molar-refractivity contribution in [3.8, 4) is 0 Å². The molecule has 2 heterocycles. The molecule has 0 amide bonds. The van der Waals surface area contributed by atoms with Crippen LogP contribution in [0.3, 0.4) is 0 Å². The van der Waals surface area contributed by atoms with E-state index in [0.717, 1.165) is 10.4 Å². The molecule has 0 radical (unpaired) electrons. The van der Waals surface area contributed by atoms with Crippen molar-refractivity contribution in [1.29, 1.82) is 0 Å². The number of sulfonamides is 1. The zero-order valence-corrected chi connectivity index (χ0v) is 17.8. The molecule has 1 unspecified atom stereocenters. The quantitative estimate of drug-likeness (QED) is 0.551. The minimum Gasteiger partial charge on any atom is -0.454 e. The molecular weight excluding hydrogens is 414 g/mol. The van der Waals surface area contributed by atoms with Crippen LogP contribution in [0.4, 0.5) is 0 Å². The number of carbonyl (C=O) groups excluding carboxylic acids is 1. The molecule has 3 rings (SSSR count). The second-order valence-electron chi connectivity index (χ2n) is 6.51. The van der Waals surface area contributed by atoms with Crippen LogP contribution in [0.5, 0.6) is 0 Å². The van der Waals surface area contributed by atoms with Crippen LogP contribution in [-0.2, 0) is 19.6 Å². The van der Waals surface area contributed by atoms with E-state index < -0.39 is 22.1 Å². The maximum absolute atomic E-state index is 12.3. The SMILES string of the molecule is Cc1sc2nc(C(C)OC(=O)CCNS(=O)(=O)c3ccccc3)[nH]c(=O)c2c1C. The van der Waals surface area contributed by atoms with Gasteiger partial charge in [0.15, 0.2) is 11.9 Å². The number of nitrogens with one attached hydrogen (secondary N) is 2. The molecule has 0 aliphatic carbocycles. The predicted octanol–water partition coefficient (Wildman–Crippen LogP) is 2.57. The molecule has 3 aromatic rings. The number of benzene rings is 1. The van der Waals surface area contributed by atoms with E-state index in [-0.39, 0.29) is 29.2 Å². The second-order valence-corrected chi connectivity index (χ2v) is 9.48. The molecule has 0 aliphatic heterocycles. The van der Waals surface area contributed by atoms with Crippen LogP contribution in [0.2, 0.25) is 0 Å². The fourth-order valence-electron chi connectivity index (χ4n) is 2.75. The molecule has 2 N–H and O–H groups in total. The summed E-state index contributed by atoms with van der Waals surface area (Å²) >= 11 is 1.41. The first kappa shape index (κ1) is 21.2. The van der Waals surface area contributed by atoms with E-state index >= 15 is 0 Å². The summed E-state index contributed by atoms with van der Waals surface area (Å²) in [6.07, 6.45) is -0.923. The Bertz CT molecular complexity index is 1200. The first-order chi connectivity index (χ1) is 13.7. The molecule has 1 atom stereocenters. The summed E-state index contributed by atoms with van der Waals surface area (Å²) in [5.74, 6) is -0.350. The van der Waals surface area contributed by atoms with Gasteiger partial charge in [-0.05, 0) is 38.5 Å². The van der Waals surface area contributed by atoms with Crippen molar-refractivity contribution in [3.63, 3.8) is 0 Å². The molecule has 0 spiro atoms. The molecule has 0 fully saturated rings. The number of hydrogen-bond donors (Lipinski definition) is 2. The smallest absolute Gasteiger partial charge is 0.307 e. The number of esters is 1. The third-order valence-corrected chi connectivity index (χ3v) is 7.00. The van der Waals surface area contributed by atoms with Gasteiger partial charge in [-0.2, -0.15) is 0 Å². The van der Waals surface area contributed by atoms with Gasteiger partial charge >= 0.3 is 5.97 Å². The van der Waals surface area contributed by atoms with Crippen LogP contribution in [0.1, 0.15) is 35.7 Å². The monoisotopic (exact) mass is 435 g/mol. The van der Waals surface area contributed by atoms with Gasteiger partial charge in [0.05, 0.1) is 16.7 Å². The molecule has 2 aromatic heterocycles. The van der Waals surface area contributed by atoms with Gasteiger partial charge in [0.2, 0.25) is 10.0 Å². The molecule has 1 aromatic carbocycles. The standard InChI is InChI=1S/C19H21N3O5S2/c1-11-13(3)28-19-16(11)18(24)21-17(22-19)12(2)27-15(23)9-10-20-29(25,26)14-7-5-4-6-8-14/h4-8,12,20H,9-10H2,1-3H3,(H,21,22,24). The van der Waals surface area contributed by atoms with Crippen molar-refractivity contribution in [2.75, 3.05) is 6.54 Å². The molecule has 10 heteroatoms. The summed E-state index contributed by atoms with van der Waals surface area (Å²) in [6.45, 7) is 5.28. The number of rotatable bonds is 7. The first-order valence-corrected chi connectivity index (χ1v) is 11.2. The van der Waals surface area contributed by atoms with Crippen molar-refractivity contribution in [2.24, 2.45) is 0 Å². The highest BCUT2D eigenvalue weighted by molar-refractivity contribution is 7.89. The van der Waals surface area contributed by atoms with E-state index in [0.29, 0.717) is 10.2 Å². The Balaban J connectivity index is 1.61. The van der Waals surface area contributed by atoms with E-state index in [1.165, 1.54) is 23.5 Å². The molecule has 0 saturated carbocycles. The van der Waals surface area contributed by atoms with Gasteiger partial charge in [0.25, 0.3) is 5.56 Å². The zero-order valence-electron chi connectivity index (χ0n) is 16.2. The largest absolute Gasteiger partial charge is 0.454 e. The highest BCUT2D eigenvalue weighted by Crippen LogP contribution is 2.26. The summed E-state index contributed by atoms with van der Waals surface area (Å²) in [5.41, 5.74) is 0.617. The number of thiophene rings is 1. The normalized spacial score (nSPS) is 12.8. The van der Waals surface area contributed by atoms with Crippen molar-refractivity contribution < 1.29 is 17.9 Å². The zero-order chi connectivity index (χ0) is 21.2. The summed E-state index contributed by atoms with van der Waals surface area (Å²) in [6, 6.07) is 7.88. The minimum absolute atomic E-state index is 0.102. The number of aryl methyl sites for hydroxylation is 2. The van der Waals surface area contributed by atoms with E-state index in [9.17, 15) is 18.0 Å². The van der Waals surface area contributed by atoms with Crippen LogP contribution in [-0.4, -0.2) is 30.9 Å². The van der Waals surface area contributed by atoms with Crippen LogP contribution in [0.25, 0.3) is 10.2 Å². The number of H-pyrrole nitrogens is 1. The van der Waals surface area contributed by atoms with E-state index in [2.05, 4.69) is 14.7 Å². The Morgan fingerprint density at radius 1 is 1.28 bits per heavy atom. The molecular formula is C19H21N3O5S2. The van der Waals surface area contributed by atoms with Gasteiger partial charge in [-0.1, -0.05) is 18.2 Å². The average Bonchev–Trinajstić information content (AvgIpc) is 2.96. The topological polar surface area (TPSA) is 118 Å². The lowest BCUT2D eigenvalue weighted by atomic mass is 10.2. The number of carbonyl (C=O) groups is 1. The number of hydrogen-bond acceptors (Lipinski definition) is 7. The summed E-state index contributed by atoms with van der Waals surface area (Å²) in [7, 11) is -3.68. The van der Waals surface area contributed by atoms with Gasteiger partial charge in [0, 0.05) is 11.4 Å². The van der Waals surface area contributed by atoms with Crippen LogP contribution >= 0.6 is 11.3 Å². The number of nitrogens with zero attached hydrogens (tertiary/aromatic N) is 1. The van der Waals surface area contributed by atoms with Crippen molar-refractivity contribution >= 4 is 37.5 Å². The molecule has 154 valence electrons. The van der Waals surface area contributed by atoms with Crippen LogP contribution in [0, 0.1) is 13.8 Å². The molecule has 29 heavy (non-hydrogen) atoms. The van der Waals surface area contributed by atoms with Crippen molar-refractivity contribution in [2.45, 2.75) is 38.2 Å². The highest BCUT2D eigenvalue weighted by atomic mass is 32.2. The van der Waals surface area contributed by atoms with Crippen LogP contribution in [0.15, 0.2) is 40.0 Å². The second kappa shape index (κ2) is 8.44. The number of ether oxygens (including phenoxy) is 1. The van der Waals surface area contributed by atoms with Gasteiger partial charge in [-0.15, -0.1) is 11.3 Å². The summed E-state index contributed by atoms with van der Waals surface area (Å²) in [5, 5.41) is 0.546. The lowest BCUT2D eigenvalue weighted by Gasteiger charge is -2.13. The number of fused-ring (bicyclic) bond motifs is 1. The fraction of sp³-hybridized carbons (Fsp3) is 0.316. The maximum Gasteiger partial charge on any atom is 0.307 e. The maximum atomic E-state index is 12.3. The van der Waals surface area contributed by atoms with Gasteiger partial charge < -0.3 is 9.72 Å². The van der Waals surface area contributed by atoms with E-state index in [4.69, 9.17) is 4.74 Å². The Morgan fingerprint density at radius 3 is 2.66 bits per heavy atom. The van der Waals surface area contributed by atoms with Gasteiger partial charge in [-0.25, -0.2) is 18.1 Å². The molecule has 0 bridgehead atoms. The summed E-state index contributed by atoms with van der Waals surface area (Å²) < 4.78 is 31.9. The van der Waals surface area contributed by atoms with E-state index in [1.807, 2.05) is 13.8 Å². The van der Waals surface area contributed by atoms with Gasteiger partial charge in [0.1, 0.15) is 4.83 Å². The molecule has 0 aliphatic rings. The minimum atomic E-state index is -3.68. The fourth-order valence-corrected chi connectivity index (χ4v) is 4.84. The lowest BCUT2D eigenvalue weighted by molar-refractivity contribution is -0.148. The van der Waals surface area contributed by atoms with Crippen molar-refractivity contribution in [3.05, 3.63) is 57.0 Å². The van der Waals surface area contributed by atoms with Crippen molar-refractivity contribution in [1.82, 2.24) is 14.7 Å². The number of aromatic amines is 1. The third kappa shape index (κ3) is 4.72. The Hall–Kier alpha value is -2.56. The lowest BCUT2D eigenvalue weighted by Crippen LogP contribution is -2.27. The number of aromatic nitrogens is 2. The molecule has 8 nitrogen and oxygen atoms in total. The Morgan fingerprint density at radius 2 is 1.97 bits per heavy atom. The van der Waals surface area contributed by atoms with Gasteiger partial charge in [-0.3, -0.25) is 9.59 Å². The molecule has 0 saturated heterocycles. The van der Waals surface area contributed by atoms with Crippen LogP contribution < -0.4 is 10.3 Å². The predicted molar refractivity (Wildman–Crippen MR) is 110 cm³/mol. The summed E-state index contributed by atoms with van der Waals surface area (Å²) in [4.78, 5) is 33.2.